The minimum atomic E-state index is 0.730. The Hall–Kier alpha value is -0.430. The molecule has 0 aliphatic heterocycles. The Morgan fingerprint density at radius 2 is 2.22 bits per heavy atom. The van der Waals surface area contributed by atoms with Crippen molar-refractivity contribution in [3.05, 3.63) is 36.5 Å². The molecule has 1 heteroatoms. The number of hydrogen-bond donors (Lipinski definition) is 1. The highest BCUT2D eigenvalue weighted by Gasteiger charge is 1.77. The largest absolute Gasteiger partial charge is 0.175 e. The average molecular weight is 140 g/mol. The lowest BCUT2D eigenvalue weighted by Gasteiger charge is -1.86. The topological polar surface area (TPSA) is 0 Å². The molecule has 0 aliphatic carbocycles. The maximum absolute atomic E-state index is 4.04. The summed E-state index contributed by atoms with van der Waals surface area (Å²) >= 11 is 4.04. The number of hydrogen-bond acceptors (Lipinski definition) is 1. The van der Waals surface area contributed by atoms with E-state index in [1.165, 1.54) is 0 Å². The SMILES string of the molecule is C=C(/C=C\C=C/C)CS. The summed E-state index contributed by atoms with van der Waals surface area (Å²) in [5.74, 6) is 0.730. The normalized spacial score (nSPS) is 11.3. The predicted molar refractivity (Wildman–Crippen MR) is 46.9 cm³/mol. The van der Waals surface area contributed by atoms with Gasteiger partial charge in [0.1, 0.15) is 0 Å². The second-order valence-corrected chi connectivity index (χ2v) is 2.02. The van der Waals surface area contributed by atoms with Crippen LogP contribution in [0.3, 0.4) is 0 Å². The summed E-state index contributed by atoms with van der Waals surface area (Å²) in [6, 6.07) is 0. The zero-order chi connectivity index (χ0) is 7.11. The summed E-state index contributed by atoms with van der Waals surface area (Å²) < 4.78 is 0. The maximum Gasteiger partial charge on any atom is 0.0148 e. The van der Waals surface area contributed by atoms with Gasteiger partial charge in [-0.3, -0.25) is 0 Å². The Labute approximate surface area is 62.4 Å². The van der Waals surface area contributed by atoms with Gasteiger partial charge in [-0.05, 0) is 12.5 Å². The predicted octanol–water partition coefficient (Wildman–Crippen LogP) is 2.60. The van der Waals surface area contributed by atoms with Crippen LogP contribution in [-0.4, -0.2) is 5.75 Å². The van der Waals surface area contributed by atoms with Crippen LogP contribution in [-0.2, 0) is 0 Å². The van der Waals surface area contributed by atoms with Gasteiger partial charge < -0.3 is 0 Å². The van der Waals surface area contributed by atoms with E-state index in [1.54, 1.807) is 0 Å². The van der Waals surface area contributed by atoms with Gasteiger partial charge in [0, 0.05) is 5.75 Å². The Balaban J connectivity index is 3.57. The van der Waals surface area contributed by atoms with Crippen LogP contribution in [0.2, 0.25) is 0 Å². The molecular weight excluding hydrogens is 128 g/mol. The molecule has 0 nitrogen and oxygen atoms in total. The van der Waals surface area contributed by atoms with Crippen molar-refractivity contribution in [3.63, 3.8) is 0 Å². The minimum Gasteiger partial charge on any atom is -0.175 e. The fourth-order valence-corrected chi connectivity index (χ4v) is 0.461. The van der Waals surface area contributed by atoms with Crippen molar-refractivity contribution in [1.29, 1.82) is 0 Å². The quantitative estimate of drug-likeness (QED) is 0.452. The maximum atomic E-state index is 4.04. The van der Waals surface area contributed by atoms with Gasteiger partial charge in [0.05, 0.1) is 0 Å². The van der Waals surface area contributed by atoms with Gasteiger partial charge in [-0.25, -0.2) is 0 Å². The van der Waals surface area contributed by atoms with Crippen molar-refractivity contribution in [3.8, 4) is 0 Å². The van der Waals surface area contributed by atoms with E-state index in [-0.39, 0.29) is 0 Å². The van der Waals surface area contributed by atoms with Crippen LogP contribution in [0.15, 0.2) is 36.5 Å². The lowest BCUT2D eigenvalue weighted by atomic mass is 10.3. The smallest absolute Gasteiger partial charge is 0.0148 e. The third-order valence-electron chi connectivity index (χ3n) is 0.839. The molecule has 0 bridgehead atoms. The second kappa shape index (κ2) is 5.70. The monoisotopic (exact) mass is 140 g/mol. The molecule has 0 saturated carbocycles. The number of thiol groups is 1. The first-order valence-corrected chi connectivity index (χ1v) is 3.52. The Bertz CT molecular complexity index is 132. The van der Waals surface area contributed by atoms with Crippen LogP contribution in [0.4, 0.5) is 0 Å². The average Bonchev–Trinajstić information content (AvgIpc) is 1.89. The highest BCUT2D eigenvalue weighted by atomic mass is 32.1. The molecule has 0 amide bonds. The van der Waals surface area contributed by atoms with E-state index < -0.39 is 0 Å². The van der Waals surface area contributed by atoms with Crippen LogP contribution in [0.1, 0.15) is 6.92 Å². The zero-order valence-electron chi connectivity index (χ0n) is 5.67. The van der Waals surface area contributed by atoms with E-state index in [2.05, 4.69) is 19.2 Å². The van der Waals surface area contributed by atoms with Gasteiger partial charge in [-0.1, -0.05) is 30.9 Å². The molecule has 50 valence electrons. The standard InChI is InChI=1S/C8H12S/c1-3-4-5-6-8(2)7-9/h3-6,9H,2,7H2,1H3/b4-3-,6-5-. The van der Waals surface area contributed by atoms with Gasteiger partial charge in [0.15, 0.2) is 0 Å². The first kappa shape index (κ1) is 8.57. The highest BCUT2D eigenvalue weighted by molar-refractivity contribution is 7.80. The number of allylic oxidation sites excluding steroid dienone is 4. The van der Waals surface area contributed by atoms with Gasteiger partial charge in [-0.15, -0.1) is 0 Å². The van der Waals surface area contributed by atoms with Crippen molar-refractivity contribution >= 4 is 12.6 Å². The molecule has 9 heavy (non-hydrogen) atoms. The molecule has 0 atom stereocenters. The fourth-order valence-electron chi connectivity index (χ4n) is 0.355. The van der Waals surface area contributed by atoms with E-state index in [0.29, 0.717) is 0 Å². The summed E-state index contributed by atoms with van der Waals surface area (Å²) in [7, 11) is 0. The molecular formula is C8H12S. The summed E-state index contributed by atoms with van der Waals surface area (Å²) in [5.41, 5.74) is 1.04. The van der Waals surface area contributed by atoms with Crippen molar-refractivity contribution in [1.82, 2.24) is 0 Å². The molecule has 0 aromatic heterocycles. The van der Waals surface area contributed by atoms with Crippen LogP contribution in [0.5, 0.6) is 0 Å². The Kier molecular flexibility index (Phi) is 5.43. The highest BCUT2D eigenvalue weighted by Crippen LogP contribution is 1.94. The molecule has 0 saturated heterocycles. The van der Waals surface area contributed by atoms with Crippen molar-refractivity contribution in [2.45, 2.75) is 6.92 Å². The molecule has 0 aromatic rings. The molecule has 0 radical (unpaired) electrons. The molecule has 0 rings (SSSR count). The molecule has 0 unspecified atom stereocenters. The van der Waals surface area contributed by atoms with E-state index in [4.69, 9.17) is 0 Å². The molecule has 0 N–H and O–H groups in total. The lowest BCUT2D eigenvalue weighted by molar-refractivity contribution is 1.59. The van der Waals surface area contributed by atoms with Crippen molar-refractivity contribution in [2.75, 3.05) is 5.75 Å². The van der Waals surface area contributed by atoms with Gasteiger partial charge in [0.25, 0.3) is 0 Å². The zero-order valence-corrected chi connectivity index (χ0v) is 6.57. The molecule has 0 heterocycles. The number of rotatable bonds is 3. The van der Waals surface area contributed by atoms with Crippen LogP contribution >= 0.6 is 12.6 Å². The first-order chi connectivity index (χ1) is 4.31. The van der Waals surface area contributed by atoms with Crippen molar-refractivity contribution < 1.29 is 0 Å². The third kappa shape index (κ3) is 5.44. The second-order valence-electron chi connectivity index (χ2n) is 1.70. The Morgan fingerprint density at radius 1 is 1.56 bits per heavy atom. The van der Waals surface area contributed by atoms with E-state index in [1.807, 2.05) is 31.2 Å². The third-order valence-corrected chi connectivity index (χ3v) is 1.24. The molecule has 0 fully saturated rings. The van der Waals surface area contributed by atoms with Crippen molar-refractivity contribution in [2.24, 2.45) is 0 Å². The van der Waals surface area contributed by atoms with Crippen LogP contribution in [0, 0.1) is 0 Å². The van der Waals surface area contributed by atoms with Crippen LogP contribution in [0.25, 0.3) is 0 Å². The van der Waals surface area contributed by atoms with Gasteiger partial charge in [-0.2, -0.15) is 12.6 Å². The summed E-state index contributed by atoms with van der Waals surface area (Å²) in [5, 5.41) is 0. The van der Waals surface area contributed by atoms with E-state index >= 15 is 0 Å². The summed E-state index contributed by atoms with van der Waals surface area (Å²) in [6.07, 6.45) is 7.85. The lowest BCUT2D eigenvalue weighted by Crippen LogP contribution is -1.72. The van der Waals surface area contributed by atoms with Crippen LogP contribution < -0.4 is 0 Å². The molecule has 0 spiro atoms. The Morgan fingerprint density at radius 3 is 2.67 bits per heavy atom. The van der Waals surface area contributed by atoms with Gasteiger partial charge >= 0.3 is 0 Å². The van der Waals surface area contributed by atoms with E-state index in [9.17, 15) is 0 Å². The summed E-state index contributed by atoms with van der Waals surface area (Å²) in [4.78, 5) is 0. The van der Waals surface area contributed by atoms with E-state index in [0.717, 1.165) is 11.3 Å². The minimum absolute atomic E-state index is 0.730. The fraction of sp³-hybridized carbons (Fsp3) is 0.250. The molecule has 0 aliphatic rings. The summed E-state index contributed by atoms with van der Waals surface area (Å²) in [6.45, 7) is 5.73. The molecule has 0 aromatic carbocycles. The van der Waals surface area contributed by atoms with Gasteiger partial charge in [0.2, 0.25) is 0 Å². The first-order valence-electron chi connectivity index (χ1n) is 2.89.